The molecule has 8 nitrogen and oxygen atoms in total. The standard InChI is InChI=1S/C20H16ClN5O3/c1-29-16-6-4-5-15(23-16)24-19(27)18-20(28)26(17-7-2-3-10-25(17)18)12-13-8-9-14(21)22-11-13/h2-11H,12H2,1H3,(H-,23,24,27,28)/p+1. The highest BCUT2D eigenvalue weighted by atomic mass is 35.5. The van der Waals surface area contributed by atoms with Gasteiger partial charge in [0.05, 0.1) is 13.3 Å². The van der Waals surface area contributed by atoms with Gasteiger partial charge in [-0.05, 0) is 18.2 Å². The summed E-state index contributed by atoms with van der Waals surface area (Å²) in [7, 11) is 1.49. The highest BCUT2D eigenvalue weighted by Crippen LogP contribution is 2.20. The molecule has 0 radical (unpaired) electrons. The number of aromatic hydroxyl groups is 1. The molecule has 0 saturated carbocycles. The minimum absolute atomic E-state index is 0.0899. The lowest BCUT2D eigenvalue weighted by molar-refractivity contribution is -0.668. The number of hydrogen-bond donors (Lipinski definition) is 2. The fourth-order valence-electron chi connectivity index (χ4n) is 3.01. The molecule has 1 amide bonds. The molecule has 0 spiro atoms. The van der Waals surface area contributed by atoms with E-state index in [0.29, 0.717) is 29.0 Å². The maximum absolute atomic E-state index is 12.9. The van der Waals surface area contributed by atoms with E-state index in [1.54, 1.807) is 51.7 Å². The number of nitrogens with one attached hydrogen (secondary N) is 1. The van der Waals surface area contributed by atoms with Crippen LogP contribution in [0.1, 0.15) is 16.1 Å². The van der Waals surface area contributed by atoms with Crippen molar-refractivity contribution < 1.29 is 19.2 Å². The molecule has 4 aromatic heterocycles. The lowest BCUT2D eigenvalue weighted by Crippen LogP contribution is -2.33. The first-order chi connectivity index (χ1) is 14.1. The average molecular weight is 411 g/mol. The second-order valence-electron chi connectivity index (χ2n) is 6.20. The number of nitrogens with zero attached hydrogens (tertiary/aromatic N) is 4. The van der Waals surface area contributed by atoms with E-state index in [9.17, 15) is 9.90 Å². The van der Waals surface area contributed by atoms with Crippen LogP contribution in [0.3, 0.4) is 0 Å². The van der Waals surface area contributed by atoms with Gasteiger partial charge in [0.15, 0.2) is 0 Å². The van der Waals surface area contributed by atoms with Crippen LogP contribution in [-0.2, 0) is 6.54 Å². The maximum atomic E-state index is 12.9. The van der Waals surface area contributed by atoms with Crippen LogP contribution in [0, 0.1) is 0 Å². The van der Waals surface area contributed by atoms with Gasteiger partial charge in [-0.15, -0.1) is 0 Å². The van der Waals surface area contributed by atoms with E-state index in [-0.39, 0.29) is 11.6 Å². The number of rotatable bonds is 5. The molecule has 0 saturated heterocycles. The summed E-state index contributed by atoms with van der Waals surface area (Å²) in [6, 6.07) is 13.9. The number of amides is 1. The van der Waals surface area contributed by atoms with Crippen LogP contribution >= 0.6 is 11.6 Å². The first-order valence-corrected chi connectivity index (χ1v) is 9.09. The lowest BCUT2D eigenvalue weighted by Gasteiger charge is -2.04. The van der Waals surface area contributed by atoms with Crippen LogP contribution in [0.15, 0.2) is 60.9 Å². The van der Waals surface area contributed by atoms with E-state index in [1.165, 1.54) is 7.11 Å². The van der Waals surface area contributed by atoms with Crippen LogP contribution in [-0.4, -0.2) is 32.5 Å². The first kappa shape index (κ1) is 18.7. The first-order valence-electron chi connectivity index (χ1n) is 8.71. The number of ether oxygens (including phenoxy) is 1. The van der Waals surface area contributed by atoms with Crippen LogP contribution in [0.25, 0.3) is 5.65 Å². The topological polar surface area (TPSA) is 92.6 Å². The Balaban J connectivity index is 1.73. The van der Waals surface area contributed by atoms with E-state index < -0.39 is 5.91 Å². The van der Waals surface area contributed by atoms with Crippen molar-refractivity contribution in [3.8, 4) is 11.8 Å². The van der Waals surface area contributed by atoms with Gasteiger partial charge in [0, 0.05) is 23.9 Å². The summed E-state index contributed by atoms with van der Waals surface area (Å²) in [5.41, 5.74) is 1.56. The predicted octanol–water partition coefficient (Wildman–Crippen LogP) is 2.69. The van der Waals surface area contributed by atoms with Crippen molar-refractivity contribution in [1.29, 1.82) is 0 Å². The van der Waals surface area contributed by atoms with Gasteiger partial charge in [-0.25, -0.2) is 4.98 Å². The lowest BCUT2D eigenvalue weighted by atomic mass is 10.3. The Morgan fingerprint density at radius 2 is 2.10 bits per heavy atom. The SMILES string of the molecule is COc1cccc(NC(=O)c2c(O)[n+](Cc3ccc(Cl)nc3)c3ccccn23)n1. The Kier molecular flexibility index (Phi) is 5.01. The number of hydrogen-bond acceptors (Lipinski definition) is 5. The Hall–Kier alpha value is -3.65. The molecule has 0 fully saturated rings. The molecule has 146 valence electrons. The van der Waals surface area contributed by atoms with Gasteiger partial charge in [-0.1, -0.05) is 29.8 Å². The van der Waals surface area contributed by atoms with Crippen molar-refractivity contribution in [2.75, 3.05) is 12.4 Å². The molecule has 4 heterocycles. The fraction of sp³-hybridized carbons (Fsp3) is 0.100. The smallest absolute Gasteiger partial charge is 0.337 e. The molecule has 2 N–H and O–H groups in total. The third kappa shape index (κ3) is 3.70. The molecule has 0 aliphatic carbocycles. The summed E-state index contributed by atoms with van der Waals surface area (Å²) in [5, 5.41) is 13.9. The van der Waals surface area contributed by atoms with Crippen LogP contribution in [0.4, 0.5) is 5.82 Å². The Morgan fingerprint density at radius 1 is 1.24 bits per heavy atom. The highest BCUT2D eigenvalue weighted by Gasteiger charge is 2.31. The van der Waals surface area contributed by atoms with Crippen LogP contribution < -0.4 is 14.6 Å². The zero-order valence-corrected chi connectivity index (χ0v) is 16.2. The molecule has 29 heavy (non-hydrogen) atoms. The molecule has 0 aromatic carbocycles. The zero-order valence-electron chi connectivity index (χ0n) is 15.4. The number of pyridine rings is 3. The summed E-state index contributed by atoms with van der Waals surface area (Å²) in [6.07, 6.45) is 3.33. The number of carbonyl (C=O) groups is 1. The molecular weight excluding hydrogens is 394 g/mol. The van der Waals surface area contributed by atoms with Gasteiger partial charge in [0.25, 0.3) is 11.3 Å². The molecule has 0 aliphatic heterocycles. The quantitative estimate of drug-likeness (QED) is 0.390. The summed E-state index contributed by atoms with van der Waals surface area (Å²) in [5.74, 6) is 0.00871. The third-order valence-electron chi connectivity index (χ3n) is 4.34. The minimum Gasteiger partial charge on any atom is -0.481 e. The number of aromatic nitrogens is 4. The van der Waals surface area contributed by atoms with Gasteiger partial charge < -0.3 is 15.2 Å². The van der Waals surface area contributed by atoms with Crippen molar-refractivity contribution in [2.24, 2.45) is 0 Å². The van der Waals surface area contributed by atoms with Crippen LogP contribution in [0.2, 0.25) is 5.15 Å². The predicted molar refractivity (Wildman–Crippen MR) is 106 cm³/mol. The third-order valence-corrected chi connectivity index (χ3v) is 4.57. The fourth-order valence-corrected chi connectivity index (χ4v) is 3.12. The molecule has 0 unspecified atom stereocenters. The molecule has 9 heteroatoms. The van der Waals surface area contributed by atoms with Crippen molar-refractivity contribution in [2.45, 2.75) is 6.54 Å². The largest absolute Gasteiger partial charge is 0.481 e. The van der Waals surface area contributed by atoms with E-state index >= 15 is 0 Å². The van der Waals surface area contributed by atoms with E-state index in [4.69, 9.17) is 16.3 Å². The summed E-state index contributed by atoms with van der Waals surface area (Å²) in [4.78, 5) is 21.2. The molecular formula is C20H17ClN5O3+. The number of fused-ring (bicyclic) bond motifs is 1. The number of anilines is 1. The molecule has 4 rings (SSSR count). The molecule has 0 aliphatic rings. The Morgan fingerprint density at radius 3 is 2.86 bits per heavy atom. The number of imidazole rings is 1. The Labute approximate surface area is 171 Å². The number of halogens is 1. The van der Waals surface area contributed by atoms with Crippen molar-refractivity contribution in [3.05, 3.63) is 77.3 Å². The van der Waals surface area contributed by atoms with Crippen molar-refractivity contribution in [1.82, 2.24) is 14.4 Å². The van der Waals surface area contributed by atoms with Crippen molar-refractivity contribution >= 4 is 29.0 Å². The van der Waals surface area contributed by atoms with Gasteiger partial charge >= 0.3 is 11.8 Å². The Bertz CT molecular complexity index is 1190. The molecule has 0 atom stereocenters. The zero-order chi connectivity index (χ0) is 20.4. The summed E-state index contributed by atoms with van der Waals surface area (Å²) < 4.78 is 8.32. The number of methoxy groups -OCH3 is 1. The van der Waals surface area contributed by atoms with Crippen molar-refractivity contribution in [3.63, 3.8) is 0 Å². The molecule has 4 aromatic rings. The monoisotopic (exact) mass is 410 g/mol. The van der Waals surface area contributed by atoms with E-state index in [2.05, 4.69) is 15.3 Å². The normalized spacial score (nSPS) is 10.8. The van der Waals surface area contributed by atoms with Gasteiger partial charge in [-0.2, -0.15) is 14.0 Å². The number of carbonyl (C=O) groups excluding carboxylic acids is 1. The summed E-state index contributed by atoms with van der Waals surface area (Å²) in [6.45, 7) is 0.314. The second-order valence-corrected chi connectivity index (χ2v) is 6.58. The van der Waals surface area contributed by atoms with Crippen LogP contribution in [0.5, 0.6) is 11.8 Å². The van der Waals surface area contributed by atoms with Gasteiger partial charge in [0.2, 0.25) is 5.88 Å². The van der Waals surface area contributed by atoms with E-state index in [1.807, 2.05) is 18.2 Å². The highest BCUT2D eigenvalue weighted by molar-refractivity contribution is 6.29. The van der Waals surface area contributed by atoms with Gasteiger partial charge in [-0.3, -0.25) is 4.79 Å². The molecule has 0 bridgehead atoms. The average Bonchev–Trinajstić information content (AvgIpc) is 3.01. The second kappa shape index (κ2) is 7.76. The maximum Gasteiger partial charge on any atom is 0.337 e. The minimum atomic E-state index is -0.502. The van der Waals surface area contributed by atoms with Gasteiger partial charge in [0.1, 0.15) is 17.5 Å². The van der Waals surface area contributed by atoms with E-state index in [0.717, 1.165) is 5.56 Å². The summed E-state index contributed by atoms with van der Waals surface area (Å²) >= 11 is 5.85.